The van der Waals surface area contributed by atoms with Gasteiger partial charge in [-0.1, -0.05) is 62.9 Å². The molecule has 2 rings (SSSR count). The van der Waals surface area contributed by atoms with E-state index in [1.807, 2.05) is 25.1 Å². The highest BCUT2D eigenvalue weighted by Gasteiger charge is 2.47. The molecule has 26 heavy (non-hydrogen) atoms. The molecule has 0 aliphatic rings. The zero-order chi connectivity index (χ0) is 19.0. The number of ether oxygens (including phenoxy) is 1. The second kappa shape index (κ2) is 9.04. The fourth-order valence-corrected chi connectivity index (χ4v) is 2.95. The van der Waals surface area contributed by atoms with Gasteiger partial charge in [-0.05, 0) is 36.2 Å². The van der Waals surface area contributed by atoms with Gasteiger partial charge in [0.05, 0.1) is 0 Å². The third kappa shape index (κ3) is 4.42. The summed E-state index contributed by atoms with van der Waals surface area (Å²) in [6, 6.07) is 15.5. The van der Waals surface area contributed by atoms with Crippen molar-refractivity contribution in [3.63, 3.8) is 0 Å². The van der Waals surface area contributed by atoms with Crippen molar-refractivity contribution in [3.05, 3.63) is 60.2 Å². The number of aliphatic carboxylic acids is 2. The fraction of sp³-hybridized carbons (Fsp3) is 0.333. The highest BCUT2D eigenvalue weighted by Crippen LogP contribution is 2.33. The molecule has 5 nitrogen and oxygen atoms in total. The number of hydrogen-bond acceptors (Lipinski definition) is 3. The summed E-state index contributed by atoms with van der Waals surface area (Å²) in [7, 11) is 0. The van der Waals surface area contributed by atoms with Gasteiger partial charge in [0.15, 0.2) is 5.41 Å². The van der Waals surface area contributed by atoms with Crippen LogP contribution < -0.4 is 4.74 Å². The molecule has 0 aliphatic carbocycles. The topological polar surface area (TPSA) is 83.8 Å². The van der Waals surface area contributed by atoms with E-state index in [9.17, 15) is 19.8 Å². The maximum atomic E-state index is 11.9. The molecule has 0 unspecified atom stereocenters. The quantitative estimate of drug-likeness (QED) is 0.469. The van der Waals surface area contributed by atoms with Crippen molar-refractivity contribution >= 4 is 11.9 Å². The molecule has 5 heteroatoms. The zero-order valence-corrected chi connectivity index (χ0v) is 14.9. The first kappa shape index (κ1) is 19.5. The Morgan fingerprint density at radius 2 is 1.42 bits per heavy atom. The molecule has 0 fully saturated rings. The van der Waals surface area contributed by atoms with Crippen LogP contribution in [0.25, 0.3) is 0 Å². The lowest BCUT2D eigenvalue weighted by molar-refractivity contribution is -0.158. The highest BCUT2D eigenvalue weighted by atomic mass is 16.5. The van der Waals surface area contributed by atoms with Crippen molar-refractivity contribution in [3.8, 4) is 11.5 Å². The smallest absolute Gasteiger partial charge is 0.325 e. The summed E-state index contributed by atoms with van der Waals surface area (Å²) in [4.78, 5) is 23.8. The summed E-state index contributed by atoms with van der Waals surface area (Å²) in [5, 5.41) is 19.4. The second-order valence-corrected chi connectivity index (χ2v) is 6.27. The monoisotopic (exact) mass is 356 g/mol. The molecule has 0 aliphatic heterocycles. The maximum absolute atomic E-state index is 11.9. The highest BCUT2D eigenvalue weighted by molar-refractivity contribution is 6.04. The van der Waals surface area contributed by atoms with E-state index >= 15 is 0 Å². The van der Waals surface area contributed by atoms with Crippen LogP contribution >= 0.6 is 0 Å². The standard InChI is InChI=1S/C21H24O5/c1-2-3-4-8-15-21(19(22)23,20(24)25)16-11-13-18(14-12-16)26-17-9-6-5-7-10-17/h5-7,9-14H,2-4,8,15H2,1H3,(H,22,23)(H,24,25). The van der Waals surface area contributed by atoms with Crippen LogP contribution in [0.1, 0.15) is 44.6 Å². The molecule has 0 bridgehead atoms. The van der Waals surface area contributed by atoms with Crippen LogP contribution in [0.4, 0.5) is 0 Å². The van der Waals surface area contributed by atoms with Gasteiger partial charge in [-0.15, -0.1) is 0 Å². The maximum Gasteiger partial charge on any atom is 0.325 e. The van der Waals surface area contributed by atoms with Crippen LogP contribution in [-0.4, -0.2) is 22.2 Å². The third-order valence-corrected chi connectivity index (χ3v) is 4.46. The predicted molar refractivity (Wildman–Crippen MR) is 98.7 cm³/mol. The Bertz CT molecular complexity index is 708. The molecule has 0 spiro atoms. The minimum absolute atomic E-state index is 0.0660. The van der Waals surface area contributed by atoms with Crippen LogP contribution in [0.3, 0.4) is 0 Å². The van der Waals surface area contributed by atoms with Gasteiger partial charge in [-0.25, -0.2) is 0 Å². The van der Waals surface area contributed by atoms with E-state index in [0.29, 0.717) is 17.9 Å². The largest absolute Gasteiger partial charge is 0.480 e. The van der Waals surface area contributed by atoms with Crippen LogP contribution in [-0.2, 0) is 15.0 Å². The SMILES string of the molecule is CCCCCCC(C(=O)O)(C(=O)O)c1ccc(Oc2ccccc2)cc1. The van der Waals surface area contributed by atoms with E-state index in [0.717, 1.165) is 19.3 Å². The summed E-state index contributed by atoms with van der Waals surface area (Å²) in [6.07, 6.45) is 3.39. The summed E-state index contributed by atoms with van der Waals surface area (Å²) >= 11 is 0. The number of unbranched alkanes of at least 4 members (excludes halogenated alkanes) is 3. The molecule has 0 saturated carbocycles. The first-order valence-corrected chi connectivity index (χ1v) is 8.81. The van der Waals surface area contributed by atoms with Crippen LogP contribution in [0, 0.1) is 0 Å². The average Bonchev–Trinajstić information content (AvgIpc) is 2.63. The number of rotatable bonds is 10. The number of para-hydroxylation sites is 1. The Morgan fingerprint density at radius 1 is 0.846 bits per heavy atom. The Hall–Kier alpha value is -2.82. The summed E-state index contributed by atoms with van der Waals surface area (Å²) < 4.78 is 5.69. The fourth-order valence-electron chi connectivity index (χ4n) is 2.95. The van der Waals surface area contributed by atoms with Gasteiger partial charge in [0.2, 0.25) is 0 Å². The third-order valence-electron chi connectivity index (χ3n) is 4.46. The van der Waals surface area contributed by atoms with Crippen molar-refractivity contribution in [2.45, 2.75) is 44.4 Å². The molecule has 0 atom stereocenters. The number of benzene rings is 2. The van der Waals surface area contributed by atoms with Crippen molar-refractivity contribution in [2.24, 2.45) is 0 Å². The molecule has 2 aromatic carbocycles. The second-order valence-electron chi connectivity index (χ2n) is 6.27. The summed E-state index contributed by atoms with van der Waals surface area (Å²) in [5.41, 5.74) is -1.67. The van der Waals surface area contributed by atoms with Gasteiger partial charge in [0, 0.05) is 0 Å². The van der Waals surface area contributed by atoms with Gasteiger partial charge in [0.1, 0.15) is 11.5 Å². The molecule has 2 aromatic rings. The lowest BCUT2D eigenvalue weighted by Crippen LogP contribution is -2.43. The minimum Gasteiger partial charge on any atom is -0.480 e. The Kier molecular flexibility index (Phi) is 6.78. The molecule has 138 valence electrons. The van der Waals surface area contributed by atoms with Gasteiger partial charge >= 0.3 is 11.9 Å². The van der Waals surface area contributed by atoms with Gasteiger partial charge < -0.3 is 14.9 Å². The van der Waals surface area contributed by atoms with Gasteiger partial charge in [-0.2, -0.15) is 0 Å². The number of hydrogen-bond donors (Lipinski definition) is 2. The van der Waals surface area contributed by atoms with E-state index in [1.54, 1.807) is 24.3 Å². The molecule has 0 aromatic heterocycles. The van der Waals surface area contributed by atoms with Crippen LogP contribution in [0.15, 0.2) is 54.6 Å². The zero-order valence-electron chi connectivity index (χ0n) is 14.9. The van der Waals surface area contributed by atoms with E-state index in [4.69, 9.17) is 4.74 Å². The molecule has 0 heterocycles. The number of carbonyl (C=O) groups is 2. The molecule has 2 N–H and O–H groups in total. The molecule has 0 amide bonds. The lowest BCUT2D eigenvalue weighted by atomic mass is 9.76. The van der Waals surface area contributed by atoms with Gasteiger partial charge in [0.25, 0.3) is 0 Å². The Morgan fingerprint density at radius 3 is 1.96 bits per heavy atom. The van der Waals surface area contributed by atoms with Crippen molar-refractivity contribution in [1.82, 2.24) is 0 Å². The summed E-state index contributed by atoms with van der Waals surface area (Å²) in [6.45, 7) is 2.05. The van der Waals surface area contributed by atoms with Crippen LogP contribution in [0.5, 0.6) is 11.5 Å². The van der Waals surface area contributed by atoms with E-state index in [2.05, 4.69) is 0 Å². The summed E-state index contributed by atoms with van der Waals surface area (Å²) in [5.74, 6) is -1.49. The predicted octanol–water partition coefficient (Wildman–Crippen LogP) is 4.86. The first-order valence-electron chi connectivity index (χ1n) is 8.81. The average molecular weight is 356 g/mol. The van der Waals surface area contributed by atoms with Crippen molar-refractivity contribution in [2.75, 3.05) is 0 Å². The van der Waals surface area contributed by atoms with Crippen molar-refractivity contribution < 1.29 is 24.5 Å². The van der Waals surface area contributed by atoms with E-state index in [-0.39, 0.29) is 12.0 Å². The molecular formula is C21H24O5. The van der Waals surface area contributed by atoms with E-state index in [1.165, 1.54) is 12.1 Å². The molecule has 0 radical (unpaired) electrons. The first-order chi connectivity index (χ1) is 12.5. The van der Waals surface area contributed by atoms with Crippen LogP contribution in [0.2, 0.25) is 0 Å². The van der Waals surface area contributed by atoms with E-state index < -0.39 is 17.4 Å². The van der Waals surface area contributed by atoms with Crippen molar-refractivity contribution in [1.29, 1.82) is 0 Å². The molecular weight excluding hydrogens is 332 g/mol. The lowest BCUT2D eigenvalue weighted by Gasteiger charge is -2.25. The Labute approximate surface area is 153 Å². The Balaban J connectivity index is 2.24. The minimum atomic E-state index is -1.93. The molecule has 0 saturated heterocycles. The normalized spacial score (nSPS) is 11.1. The van der Waals surface area contributed by atoms with Gasteiger partial charge in [-0.3, -0.25) is 9.59 Å². The number of carboxylic acid groups (broad SMARTS) is 2. The number of carboxylic acids is 2.